The predicted molar refractivity (Wildman–Crippen MR) is 281 cm³/mol. The maximum atomic E-state index is 2.43. The van der Waals surface area contributed by atoms with Crippen LogP contribution in [0.25, 0.3) is 71.6 Å². The summed E-state index contributed by atoms with van der Waals surface area (Å²) in [4.78, 5) is 2.42. The van der Waals surface area contributed by atoms with Crippen molar-refractivity contribution in [3.05, 3.63) is 289 Å². The highest BCUT2D eigenvalue weighted by Gasteiger charge is 2.46. The first-order valence-electron chi connectivity index (χ1n) is 23.2. The van der Waals surface area contributed by atoms with E-state index in [4.69, 9.17) is 0 Å². The second-order valence-corrected chi connectivity index (χ2v) is 17.6. The fraction of sp³-hybridized carbons (Fsp3) is 0.0154. The Hall–Kier alpha value is -8.72. The largest absolute Gasteiger partial charge is 0.310 e. The summed E-state index contributed by atoms with van der Waals surface area (Å²) < 4.78 is 2.39. The Morgan fingerprint density at radius 1 is 0.299 bits per heavy atom. The van der Waals surface area contributed by atoms with Gasteiger partial charge >= 0.3 is 0 Å². The van der Waals surface area contributed by atoms with Crippen LogP contribution in [0.2, 0.25) is 0 Å². The van der Waals surface area contributed by atoms with E-state index in [-0.39, 0.29) is 0 Å². The molecule has 0 saturated heterocycles. The zero-order chi connectivity index (χ0) is 44.3. The zero-order valence-electron chi connectivity index (χ0n) is 36.8. The van der Waals surface area contributed by atoms with Crippen molar-refractivity contribution in [2.24, 2.45) is 0 Å². The number of para-hydroxylation sites is 2. The van der Waals surface area contributed by atoms with E-state index in [1.165, 1.54) is 82.6 Å². The minimum atomic E-state index is -0.515. The molecule has 0 radical (unpaired) electrons. The van der Waals surface area contributed by atoms with Crippen molar-refractivity contribution in [1.29, 1.82) is 0 Å². The first-order valence-corrected chi connectivity index (χ1v) is 23.2. The molecule has 314 valence electrons. The Morgan fingerprint density at radius 3 is 1.55 bits per heavy atom. The van der Waals surface area contributed by atoms with Gasteiger partial charge in [-0.1, -0.05) is 206 Å². The first-order chi connectivity index (χ1) is 33.2. The quantitative estimate of drug-likeness (QED) is 0.148. The molecule has 0 unspecified atom stereocenters. The lowest BCUT2D eigenvalue weighted by molar-refractivity contribution is 0.768. The van der Waals surface area contributed by atoms with Crippen LogP contribution in [0, 0.1) is 0 Å². The summed E-state index contributed by atoms with van der Waals surface area (Å²) in [7, 11) is 0. The van der Waals surface area contributed by atoms with Crippen LogP contribution in [0.3, 0.4) is 0 Å². The number of anilines is 3. The molecule has 67 heavy (non-hydrogen) atoms. The molecule has 0 spiro atoms. The van der Waals surface area contributed by atoms with Gasteiger partial charge in [-0.3, -0.25) is 0 Å². The minimum Gasteiger partial charge on any atom is -0.310 e. The average Bonchev–Trinajstić information content (AvgIpc) is 3.90. The Balaban J connectivity index is 0.969. The summed E-state index contributed by atoms with van der Waals surface area (Å²) in [5.74, 6) is 0. The number of hydrogen-bond acceptors (Lipinski definition) is 1. The minimum absolute atomic E-state index is 0.515. The average molecular weight is 853 g/mol. The third kappa shape index (κ3) is 6.18. The smallest absolute Gasteiger partial charge is 0.0714 e. The van der Waals surface area contributed by atoms with Crippen LogP contribution in [0.1, 0.15) is 22.3 Å². The second kappa shape index (κ2) is 15.8. The van der Waals surface area contributed by atoms with E-state index < -0.39 is 5.41 Å². The van der Waals surface area contributed by atoms with Crippen LogP contribution in [-0.4, -0.2) is 4.57 Å². The van der Waals surface area contributed by atoms with Crippen molar-refractivity contribution < 1.29 is 0 Å². The van der Waals surface area contributed by atoms with Crippen LogP contribution >= 0.6 is 0 Å². The molecule has 12 aromatic rings. The van der Waals surface area contributed by atoms with Gasteiger partial charge in [-0.05, 0) is 127 Å². The Morgan fingerprint density at radius 2 is 0.821 bits per heavy atom. The van der Waals surface area contributed by atoms with E-state index in [2.05, 4.69) is 276 Å². The normalized spacial score (nSPS) is 12.6. The topological polar surface area (TPSA) is 8.17 Å². The molecule has 0 saturated carbocycles. The lowest BCUT2D eigenvalue weighted by Gasteiger charge is -2.35. The molecular formula is C65H44N2. The van der Waals surface area contributed by atoms with Crippen LogP contribution in [-0.2, 0) is 5.41 Å². The SMILES string of the molecule is c1ccc(-n2c3ccccc3c3ccc(-c4ccc(N(c5ccc(-c6cccc7ccccc67)cc5)c5cccc(C6(c7ccccc7)c7ccccc7-c7ccccc76)c5)cc4)cc32)cc1. The maximum Gasteiger partial charge on any atom is 0.0714 e. The van der Waals surface area contributed by atoms with Crippen LogP contribution in [0.5, 0.6) is 0 Å². The molecular weight excluding hydrogens is 809 g/mol. The lowest BCUT2D eigenvalue weighted by atomic mass is 9.67. The summed E-state index contributed by atoms with van der Waals surface area (Å²) in [5.41, 5.74) is 18.7. The Kier molecular flexibility index (Phi) is 9.11. The van der Waals surface area contributed by atoms with Gasteiger partial charge in [0.25, 0.3) is 0 Å². The van der Waals surface area contributed by atoms with E-state index in [0.717, 1.165) is 28.3 Å². The number of nitrogens with zero attached hydrogens (tertiary/aromatic N) is 2. The van der Waals surface area contributed by atoms with Gasteiger partial charge in [0, 0.05) is 33.5 Å². The summed E-state index contributed by atoms with van der Waals surface area (Å²) in [6.45, 7) is 0. The van der Waals surface area contributed by atoms with Crippen molar-refractivity contribution in [2.75, 3.05) is 4.90 Å². The van der Waals surface area contributed by atoms with Gasteiger partial charge in [-0.15, -0.1) is 0 Å². The van der Waals surface area contributed by atoms with Crippen molar-refractivity contribution in [2.45, 2.75) is 5.41 Å². The second-order valence-electron chi connectivity index (χ2n) is 17.6. The monoisotopic (exact) mass is 852 g/mol. The summed E-state index contributed by atoms with van der Waals surface area (Å²) >= 11 is 0. The first kappa shape index (κ1) is 38.7. The highest BCUT2D eigenvalue weighted by atomic mass is 15.1. The lowest BCUT2D eigenvalue weighted by Crippen LogP contribution is -2.28. The summed E-state index contributed by atoms with van der Waals surface area (Å²) in [5, 5.41) is 5.00. The molecule has 2 nitrogen and oxygen atoms in total. The van der Waals surface area contributed by atoms with Crippen molar-refractivity contribution in [1.82, 2.24) is 4.57 Å². The molecule has 1 aliphatic rings. The molecule has 1 heterocycles. The predicted octanol–water partition coefficient (Wildman–Crippen LogP) is 17.1. The third-order valence-corrected chi connectivity index (χ3v) is 14.1. The Bertz CT molecular complexity index is 3740. The van der Waals surface area contributed by atoms with Gasteiger partial charge < -0.3 is 9.47 Å². The zero-order valence-corrected chi connectivity index (χ0v) is 36.8. The molecule has 0 aliphatic heterocycles. The van der Waals surface area contributed by atoms with E-state index in [0.29, 0.717) is 0 Å². The molecule has 0 bridgehead atoms. The van der Waals surface area contributed by atoms with Crippen molar-refractivity contribution in [3.63, 3.8) is 0 Å². The third-order valence-electron chi connectivity index (χ3n) is 14.1. The molecule has 0 amide bonds. The molecule has 11 aromatic carbocycles. The highest BCUT2D eigenvalue weighted by molar-refractivity contribution is 6.10. The molecule has 0 fully saturated rings. The summed E-state index contributed by atoms with van der Waals surface area (Å²) in [6, 6.07) is 98.1. The maximum absolute atomic E-state index is 2.43. The standard InChI is InChI=1S/C65H44N2/c1-3-19-49(20-4-1)65(61-30-12-9-26-57(61)58-27-10-13-31-62(58)65)50-21-16-24-54(44-50)66(53-40-35-47(36-41-53)56-29-15-18-46-17-7-8-25-55(46)56)52-38-33-45(34-39-52)48-37-42-60-59-28-11-14-32-63(59)67(64(60)43-48)51-22-5-2-6-23-51/h1-44H. The van der Waals surface area contributed by atoms with Crippen LogP contribution in [0.15, 0.2) is 267 Å². The molecule has 0 atom stereocenters. The fourth-order valence-electron chi connectivity index (χ4n) is 11.1. The number of aromatic nitrogens is 1. The number of fused-ring (bicyclic) bond motifs is 7. The number of hydrogen-bond donors (Lipinski definition) is 0. The van der Waals surface area contributed by atoms with E-state index >= 15 is 0 Å². The van der Waals surface area contributed by atoms with E-state index in [1.807, 2.05) is 0 Å². The van der Waals surface area contributed by atoms with Crippen molar-refractivity contribution in [3.8, 4) is 39.1 Å². The number of rotatable bonds is 8. The molecule has 0 N–H and O–H groups in total. The highest BCUT2D eigenvalue weighted by Crippen LogP contribution is 2.56. The van der Waals surface area contributed by atoms with Crippen molar-refractivity contribution >= 4 is 49.6 Å². The molecule has 1 aliphatic carbocycles. The summed E-state index contributed by atoms with van der Waals surface area (Å²) in [6.07, 6.45) is 0. The van der Waals surface area contributed by atoms with Gasteiger partial charge in [0.05, 0.1) is 16.4 Å². The van der Waals surface area contributed by atoms with Crippen LogP contribution < -0.4 is 4.90 Å². The van der Waals surface area contributed by atoms with Gasteiger partial charge in [0.1, 0.15) is 0 Å². The number of benzene rings is 11. The molecule has 13 rings (SSSR count). The Labute approximate surface area is 390 Å². The van der Waals surface area contributed by atoms with Gasteiger partial charge in [0.15, 0.2) is 0 Å². The molecule has 2 heteroatoms. The molecule has 1 aromatic heterocycles. The van der Waals surface area contributed by atoms with Gasteiger partial charge in [-0.2, -0.15) is 0 Å². The fourth-order valence-corrected chi connectivity index (χ4v) is 11.1. The van der Waals surface area contributed by atoms with E-state index in [1.54, 1.807) is 0 Å². The van der Waals surface area contributed by atoms with E-state index in [9.17, 15) is 0 Å². The van der Waals surface area contributed by atoms with Gasteiger partial charge in [0.2, 0.25) is 0 Å². The van der Waals surface area contributed by atoms with Gasteiger partial charge in [-0.25, -0.2) is 0 Å². The van der Waals surface area contributed by atoms with Crippen LogP contribution in [0.4, 0.5) is 17.1 Å².